The Kier molecular flexibility index (Phi) is 5.14. The summed E-state index contributed by atoms with van der Waals surface area (Å²) in [5.74, 6) is -1.85. The first-order valence-electron chi connectivity index (χ1n) is 11.3. The van der Waals surface area contributed by atoms with E-state index >= 15 is 0 Å². The summed E-state index contributed by atoms with van der Waals surface area (Å²) in [4.78, 5) is 50.9. The second-order valence-electron chi connectivity index (χ2n) is 9.26. The van der Waals surface area contributed by atoms with Gasteiger partial charge in [-0.15, -0.1) is 0 Å². The molecule has 0 spiro atoms. The molecular formula is C23H28N4O4. The Hall–Kier alpha value is -2.58. The minimum atomic E-state index is -0.933. The molecule has 8 nitrogen and oxygen atoms in total. The van der Waals surface area contributed by atoms with E-state index in [1.54, 1.807) is 12.1 Å². The molecule has 5 rings (SSSR count). The normalized spacial score (nSPS) is 30.4. The van der Waals surface area contributed by atoms with Crippen LogP contribution in [0.15, 0.2) is 18.2 Å². The van der Waals surface area contributed by atoms with Crippen molar-refractivity contribution in [3.05, 3.63) is 34.9 Å². The fourth-order valence-corrected chi connectivity index (χ4v) is 5.90. The predicted molar refractivity (Wildman–Crippen MR) is 112 cm³/mol. The van der Waals surface area contributed by atoms with Crippen LogP contribution in [0.5, 0.6) is 0 Å². The Morgan fingerprint density at radius 1 is 1.06 bits per heavy atom. The number of imide groups is 2. The summed E-state index contributed by atoms with van der Waals surface area (Å²) < 4.78 is 0. The number of benzene rings is 1. The highest BCUT2D eigenvalue weighted by Crippen LogP contribution is 2.42. The molecule has 1 aromatic rings. The quantitative estimate of drug-likeness (QED) is 0.611. The highest BCUT2D eigenvalue weighted by molar-refractivity contribution is 6.24. The second kappa shape index (κ2) is 7.84. The van der Waals surface area contributed by atoms with Crippen molar-refractivity contribution < 1.29 is 19.2 Å². The Labute approximate surface area is 181 Å². The highest BCUT2D eigenvalue weighted by Gasteiger charge is 2.46. The van der Waals surface area contributed by atoms with Gasteiger partial charge in [-0.2, -0.15) is 0 Å². The van der Waals surface area contributed by atoms with Gasteiger partial charge in [0.2, 0.25) is 11.8 Å². The van der Waals surface area contributed by atoms with Crippen LogP contribution in [-0.2, 0) is 16.1 Å². The maximum atomic E-state index is 13.2. The molecule has 164 valence electrons. The lowest BCUT2D eigenvalue weighted by Gasteiger charge is -2.39. The van der Waals surface area contributed by atoms with E-state index in [0.717, 1.165) is 30.0 Å². The molecule has 2 saturated heterocycles. The lowest BCUT2D eigenvalue weighted by Crippen LogP contribution is -2.54. The van der Waals surface area contributed by atoms with E-state index in [4.69, 9.17) is 0 Å². The Balaban J connectivity index is 1.32. The number of hydrogen-bond acceptors (Lipinski definition) is 6. The van der Waals surface area contributed by atoms with Gasteiger partial charge in [0, 0.05) is 25.6 Å². The van der Waals surface area contributed by atoms with Crippen molar-refractivity contribution in [3.63, 3.8) is 0 Å². The van der Waals surface area contributed by atoms with Crippen molar-refractivity contribution in [2.75, 3.05) is 13.1 Å². The van der Waals surface area contributed by atoms with Gasteiger partial charge in [0.05, 0.1) is 11.1 Å². The SMILES string of the molecule is O=C1CCC(N2C(=O)c3cccc(CNCC45CCCCC4NCC5)c3C2=O)C(=O)N1. The number of piperidine rings is 1. The minimum absolute atomic E-state index is 0.121. The molecule has 3 atom stereocenters. The number of nitrogens with zero attached hydrogens (tertiary/aromatic N) is 1. The second-order valence-corrected chi connectivity index (χ2v) is 9.26. The Bertz CT molecular complexity index is 961. The fraction of sp³-hybridized carbons (Fsp3) is 0.565. The third-order valence-corrected chi connectivity index (χ3v) is 7.52. The largest absolute Gasteiger partial charge is 0.313 e. The number of nitrogens with one attached hydrogen (secondary N) is 3. The average molecular weight is 425 g/mol. The molecule has 0 aromatic heterocycles. The summed E-state index contributed by atoms with van der Waals surface area (Å²) in [6.45, 7) is 2.44. The van der Waals surface area contributed by atoms with Crippen LogP contribution in [0.4, 0.5) is 0 Å². The predicted octanol–water partition coefficient (Wildman–Crippen LogP) is 1.10. The summed E-state index contributed by atoms with van der Waals surface area (Å²) in [5.41, 5.74) is 1.77. The molecule has 3 fully saturated rings. The van der Waals surface area contributed by atoms with Crippen molar-refractivity contribution in [2.24, 2.45) is 5.41 Å². The number of hydrogen-bond donors (Lipinski definition) is 3. The molecule has 4 amide bonds. The topological polar surface area (TPSA) is 108 Å². The number of carbonyl (C=O) groups excluding carboxylic acids is 4. The first-order valence-corrected chi connectivity index (χ1v) is 11.3. The molecule has 31 heavy (non-hydrogen) atoms. The average Bonchev–Trinajstić information content (AvgIpc) is 3.29. The first kappa shape index (κ1) is 20.3. The van der Waals surface area contributed by atoms with E-state index in [2.05, 4.69) is 16.0 Å². The van der Waals surface area contributed by atoms with Crippen LogP contribution >= 0.6 is 0 Å². The molecule has 4 aliphatic rings. The monoisotopic (exact) mass is 424 g/mol. The molecule has 1 saturated carbocycles. The highest BCUT2D eigenvalue weighted by atomic mass is 16.2. The van der Waals surface area contributed by atoms with Crippen LogP contribution in [-0.4, -0.2) is 53.7 Å². The molecule has 1 aliphatic carbocycles. The molecular weight excluding hydrogens is 396 g/mol. The van der Waals surface area contributed by atoms with Gasteiger partial charge in [-0.3, -0.25) is 29.4 Å². The summed E-state index contributed by atoms with van der Waals surface area (Å²) in [6.07, 6.45) is 6.42. The van der Waals surface area contributed by atoms with Gasteiger partial charge in [-0.25, -0.2) is 0 Å². The number of carbonyl (C=O) groups is 4. The zero-order valence-corrected chi connectivity index (χ0v) is 17.5. The van der Waals surface area contributed by atoms with Gasteiger partial charge >= 0.3 is 0 Å². The Morgan fingerprint density at radius 2 is 1.94 bits per heavy atom. The fourth-order valence-electron chi connectivity index (χ4n) is 5.90. The maximum Gasteiger partial charge on any atom is 0.262 e. The zero-order valence-electron chi connectivity index (χ0n) is 17.5. The molecule has 0 bridgehead atoms. The lowest BCUT2D eigenvalue weighted by atomic mass is 9.70. The lowest BCUT2D eigenvalue weighted by molar-refractivity contribution is -0.136. The number of amides is 4. The van der Waals surface area contributed by atoms with Crippen LogP contribution in [0.25, 0.3) is 0 Å². The summed E-state index contributed by atoms with van der Waals surface area (Å²) in [6, 6.07) is 4.92. The van der Waals surface area contributed by atoms with Crippen LogP contribution in [0.1, 0.15) is 71.2 Å². The molecule has 1 aromatic carbocycles. The molecule has 3 unspecified atom stereocenters. The van der Waals surface area contributed by atoms with Crippen molar-refractivity contribution in [3.8, 4) is 0 Å². The van der Waals surface area contributed by atoms with Crippen LogP contribution in [0.2, 0.25) is 0 Å². The van der Waals surface area contributed by atoms with E-state index in [1.807, 2.05) is 6.07 Å². The molecule has 3 heterocycles. The summed E-state index contributed by atoms with van der Waals surface area (Å²) >= 11 is 0. The summed E-state index contributed by atoms with van der Waals surface area (Å²) in [5, 5.41) is 9.44. The van der Waals surface area contributed by atoms with Gasteiger partial charge in [-0.05, 0) is 49.3 Å². The van der Waals surface area contributed by atoms with Crippen molar-refractivity contribution in [1.29, 1.82) is 0 Å². The number of rotatable bonds is 5. The third-order valence-electron chi connectivity index (χ3n) is 7.52. The van der Waals surface area contributed by atoms with E-state index in [0.29, 0.717) is 23.7 Å². The van der Waals surface area contributed by atoms with Gasteiger partial charge in [-0.1, -0.05) is 25.0 Å². The van der Waals surface area contributed by atoms with Gasteiger partial charge in [0.1, 0.15) is 6.04 Å². The van der Waals surface area contributed by atoms with Crippen molar-refractivity contribution in [1.82, 2.24) is 20.9 Å². The first-order chi connectivity index (χ1) is 15.0. The van der Waals surface area contributed by atoms with Crippen LogP contribution in [0.3, 0.4) is 0 Å². The van der Waals surface area contributed by atoms with Crippen molar-refractivity contribution >= 4 is 23.6 Å². The van der Waals surface area contributed by atoms with E-state index in [9.17, 15) is 19.2 Å². The minimum Gasteiger partial charge on any atom is -0.313 e. The Morgan fingerprint density at radius 3 is 2.77 bits per heavy atom. The molecule has 0 radical (unpaired) electrons. The van der Waals surface area contributed by atoms with Gasteiger partial charge in [0.15, 0.2) is 0 Å². The molecule has 8 heteroatoms. The maximum absolute atomic E-state index is 13.2. The van der Waals surface area contributed by atoms with Crippen molar-refractivity contribution in [2.45, 2.75) is 63.6 Å². The van der Waals surface area contributed by atoms with Gasteiger partial charge in [0.25, 0.3) is 11.8 Å². The summed E-state index contributed by atoms with van der Waals surface area (Å²) in [7, 11) is 0. The van der Waals surface area contributed by atoms with Crippen LogP contribution in [0, 0.1) is 5.41 Å². The molecule has 3 aliphatic heterocycles. The van der Waals surface area contributed by atoms with E-state index in [1.165, 1.54) is 25.7 Å². The van der Waals surface area contributed by atoms with Gasteiger partial charge < -0.3 is 10.6 Å². The smallest absolute Gasteiger partial charge is 0.262 e. The zero-order chi connectivity index (χ0) is 21.6. The number of fused-ring (bicyclic) bond motifs is 2. The van der Waals surface area contributed by atoms with E-state index in [-0.39, 0.29) is 24.2 Å². The molecule has 3 N–H and O–H groups in total. The van der Waals surface area contributed by atoms with E-state index < -0.39 is 23.8 Å². The van der Waals surface area contributed by atoms with Crippen LogP contribution < -0.4 is 16.0 Å². The standard InChI is InChI=1S/C23H28N4O4/c28-18-8-7-16(20(29)26-18)27-21(30)15-5-3-4-14(19(15)22(27)31)12-24-13-23-9-2-1-6-17(23)25-11-10-23/h3-5,16-17,24-25H,1-2,6-13H2,(H,26,28,29). The third kappa shape index (κ3) is 3.38.